The van der Waals surface area contributed by atoms with Crippen molar-refractivity contribution in [3.8, 4) is 0 Å². The van der Waals surface area contributed by atoms with Crippen LogP contribution in [0.2, 0.25) is 0 Å². The maximum atomic E-state index is 12.6. The Hall–Kier alpha value is -2.71. The SMILES string of the molecule is CC/C=C\C/C=C\C/C=C\C/C=C\CCCCCCCCC(=O)OC(COCCC(C(=O)O)[N+](C)(C)C)COC(=O)CCCCCCC. The zero-order chi connectivity index (χ0) is 35.7. The maximum absolute atomic E-state index is 12.6. The minimum atomic E-state index is -0.882. The fourth-order valence-corrected chi connectivity index (χ4v) is 5.08. The third-order valence-electron chi connectivity index (χ3n) is 7.99. The number of carboxylic acids is 1. The summed E-state index contributed by atoms with van der Waals surface area (Å²) in [5, 5.41) is 9.55. The van der Waals surface area contributed by atoms with E-state index in [9.17, 15) is 19.5 Å². The van der Waals surface area contributed by atoms with Gasteiger partial charge in [-0.05, 0) is 51.4 Å². The summed E-state index contributed by atoms with van der Waals surface area (Å²) in [5.74, 6) is -1.51. The topological polar surface area (TPSA) is 99.1 Å². The lowest BCUT2D eigenvalue weighted by atomic mass is 10.1. The average Bonchev–Trinajstić information content (AvgIpc) is 3.03. The monoisotopic (exact) mass is 677 g/mol. The molecule has 2 unspecified atom stereocenters. The predicted molar refractivity (Wildman–Crippen MR) is 197 cm³/mol. The van der Waals surface area contributed by atoms with Gasteiger partial charge < -0.3 is 23.8 Å². The van der Waals surface area contributed by atoms with Crippen LogP contribution in [0.25, 0.3) is 0 Å². The van der Waals surface area contributed by atoms with Crippen molar-refractivity contribution in [3.63, 3.8) is 0 Å². The van der Waals surface area contributed by atoms with E-state index in [0.29, 0.717) is 19.3 Å². The molecule has 0 amide bonds. The molecule has 0 aliphatic heterocycles. The van der Waals surface area contributed by atoms with E-state index in [4.69, 9.17) is 14.2 Å². The number of carbonyl (C=O) groups is 3. The van der Waals surface area contributed by atoms with Gasteiger partial charge in [-0.1, -0.05) is 114 Å². The molecule has 1 N–H and O–H groups in total. The third-order valence-corrected chi connectivity index (χ3v) is 7.99. The maximum Gasteiger partial charge on any atom is 0.362 e. The lowest BCUT2D eigenvalue weighted by molar-refractivity contribution is -0.887. The molecule has 0 aromatic rings. The van der Waals surface area contributed by atoms with E-state index in [2.05, 4.69) is 62.5 Å². The van der Waals surface area contributed by atoms with Gasteiger partial charge in [0.1, 0.15) is 6.61 Å². The molecule has 48 heavy (non-hydrogen) atoms. The fourth-order valence-electron chi connectivity index (χ4n) is 5.08. The van der Waals surface area contributed by atoms with E-state index >= 15 is 0 Å². The van der Waals surface area contributed by atoms with Crippen LogP contribution in [0, 0.1) is 0 Å². The molecule has 0 aromatic carbocycles. The third kappa shape index (κ3) is 29.4. The summed E-state index contributed by atoms with van der Waals surface area (Å²) in [4.78, 5) is 36.5. The van der Waals surface area contributed by atoms with Gasteiger partial charge in [0.05, 0.1) is 34.4 Å². The number of hydrogen-bond donors (Lipinski definition) is 1. The van der Waals surface area contributed by atoms with Gasteiger partial charge in [0.15, 0.2) is 12.1 Å². The molecule has 276 valence electrons. The summed E-state index contributed by atoms with van der Waals surface area (Å²) in [6.07, 6.45) is 34.7. The number of rotatable bonds is 32. The Bertz CT molecular complexity index is 932. The zero-order valence-corrected chi connectivity index (χ0v) is 31.2. The van der Waals surface area contributed by atoms with Crippen molar-refractivity contribution in [1.29, 1.82) is 0 Å². The highest BCUT2D eigenvalue weighted by atomic mass is 16.6. The molecule has 0 saturated carbocycles. The molecule has 2 atom stereocenters. The van der Waals surface area contributed by atoms with E-state index < -0.39 is 18.1 Å². The molecule has 0 aliphatic rings. The predicted octanol–water partition coefficient (Wildman–Crippen LogP) is 9.29. The van der Waals surface area contributed by atoms with Gasteiger partial charge in [0.2, 0.25) is 0 Å². The number of carbonyl (C=O) groups excluding carboxylic acids is 2. The van der Waals surface area contributed by atoms with Crippen LogP contribution in [0.15, 0.2) is 48.6 Å². The molecule has 0 radical (unpaired) electrons. The molecule has 8 nitrogen and oxygen atoms in total. The van der Waals surface area contributed by atoms with Gasteiger partial charge in [0.25, 0.3) is 0 Å². The fraction of sp³-hybridized carbons (Fsp3) is 0.725. The van der Waals surface area contributed by atoms with Crippen molar-refractivity contribution in [2.24, 2.45) is 0 Å². The second-order valence-corrected chi connectivity index (χ2v) is 13.5. The molecule has 0 bridgehead atoms. The van der Waals surface area contributed by atoms with Crippen LogP contribution < -0.4 is 0 Å². The summed E-state index contributed by atoms with van der Waals surface area (Å²) >= 11 is 0. The Morgan fingerprint density at radius 2 is 1.17 bits per heavy atom. The molecule has 0 saturated heterocycles. The highest BCUT2D eigenvalue weighted by Gasteiger charge is 2.31. The minimum Gasteiger partial charge on any atom is -0.477 e. The van der Waals surface area contributed by atoms with Gasteiger partial charge in [-0.25, -0.2) is 4.79 Å². The first-order valence-corrected chi connectivity index (χ1v) is 18.7. The molecule has 0 fully saturated rings. The van der Waals surface area contributed by atoms with Gasteiger partial charge in [0, 0.05) is 19.3 Å². The van der Waals surface area contributed by atoms with Crippen LogP contribution in [-0.4, -0.2) is 80.6 Å². The van der Waals surface area contributed by atoms with Gasteiger partial charge in [-0.2, -0.15) is 0 Å². The van der Waals surface area contributed by atoms with E-state index in [-0.39, 0.29) is 36.2 Å². The van der Waals surface area contributed by atoms with Crippen molar-refractivity contribution in [2.75, 3.05) is 41.0 Å². The van der Waals surface area contributed by atoms with Gasteiger partial charge >= 0.3 is 17.9 Å². The summed E-state index contributed by atoms with van der Waals surface area (Å²) in [5.41, 5.74) is 0. The number of nitrogens with zero attached hydrogens (tertiary/aromatic N) is 1. The van der Waals surface area contributed by atoms with Crippen molar-refractivity contribution in [3.05, 3.63) is 48.6 Å². The number of aliphatic carboxylic acids is 1. The van der Waals surface area contributed by atoms with Crippen molar-refractivity contribution in [1.82, 2.24) is 0 Å². The molecule has 0 rings (SSSR count). The van der Waals surface area contributed by atoms with Crippen LogP contribution in [0.1, 0.15) is 136 Å². The standard InChI is InChI=1S/C40H69NO7/c1-6-8-10-12-13-14-15-16-17-18-19-20-21-22-23-24-25-27-29-31-39(43)48-36(35-47-38(42)30-28-26-11-9-7-2)34-46-33-32-37(40(44)45)41(3,4)5/h8,10,13-14,16-17,19-20,36-37H,6-7,9,11-12,15,18,21-35H2,1-5H3/p+1/b10-8-,14-13-,17-16-,20-19-. The number of esters is 2. The highest BCUT2D eigenvalue weighted by molar-refractivity contribution is 5.72. The van der Waals surface area contributed by atoms with E-state index in [1.807, 2.05) is 21.1 Å². The van der Waals surface area contributed by atoms with Crippen LogP contribution in [0.5, 0.6) is 0 Å². The molecule has 8 heteroatoms. The van der Waals surface area contributed by atoms with Crippen molar-refractivity contribution >= 4 is 17.9 Å². The van der Waals surface area contributed by atoms with Crippen LogP contribution >= 0.6 is 0 Å². The number of carboxylic acid groups (broad SMARTS) is 1. The largest absolute Gasteiger partial charge is 0.477 e. The van der Waals surface area contributed by atoms with Crippen LogP contribution in [-0.2, 0) is 28.6 Å². The average molecular weight is 677 g/mol. The number of quaternary nitrogens is 1. The van der Waals surface area contributed by atoms with Gasteiger partial charge in [-0.15, -0.1) is 0 Å². The Kier molecular flexibility index (Phi) is 29.8. The quantitative estimate of drug-likeness (QED) is 0.0328. The lowest BCUT2D eigenvalue weighted by Gasteiger charge is -2.31. The second kappa shape index (κ2) is 31.6. The highest BCUT2D eigenvalue weighted by Crippen LogP contribution is 2.12. The first kappa shape index (κ1) is 45.3. The number of hydrogen-bond acceptors (Lipinski definition) is 6. The first-order chi connectivity index (χ1) is 23.1. The summed E-state index contributed by atoms with van der Waals surface area (Å²) in [6, 6.07) is -0.615. The van der Waals surface area contributed by atoms with Crippen LogP contribution in [0.4, 0.5) is 0 Å². The van der Waals surface area contributed by atoms with Crippen molar-refractivity contribution in [2.45, 2.75) is 148 Å². The summed E-state index contributed by atoms with van der Waals surface area (Å²) in [7, 11) is 5.49. The Labute approximate surface area is 293 Å². The number of ether oxygens (including phenoxy) is 3. The number of likely N-dealkylation sites (N-methyl/N-ethyl adjacent to an activating group) is 1. The molecule has 0 aliphatic carbocycles. The molecule has 0 spiro atoms. The van der Waals surface area contributed by atoms with E-state index in [0.717, 1.165) is 89.9 Å². The Morgan fingerprint density at radius 1 is 0.646 bits per heavy atom. The Morgan fingerprint density at radius 3 is 1.73 bits per heavy atom. The zero-order valence-electron chi connectivity index (χ0n) is 31.2. The number of allylic oxidation sites excluding steroid dienone is 8. The summed E-state index contributed by atoms with van der Waals surface area (Å²) in [6.45, 7) is 4.50. The lowest BCUT2D eigenvalue weighted by Crippen LogP contribution is -2.50. The van der Waals surface area contributed by atoms with Crippen molar-refractivity contribution < 1.29 is 38.2 Å². The molecular formula is C40H70NO7+. The Balaban J connectivity index is 4.31. The minimum absolute atomic E-state index is 0.0538. The van der Waals surface area contributed by atoms with Crippen LogP contribution in [0.3, 0.4) is 0 Å². The first-order valence-electron chi connectivity index (χ1n) is 18.7. The van der Waals surface area contributed by atoms with Gasteiger partial charge in [-0.3, -0.25) is 9.59 Å². The number of unbranched alkanes of at least 4 members (excludes halogenated alkanes) is 10. The van der Waals surface area contributed by atoms with E-state index in [1.54, 1.807) is 0 Å². The molecule has 0 aromatic heterocycles. The normalized spacial score (nSPS) is 13.6. The smallest absolute Gasteiger partial charge is 0.362 e. The molecular weight excluding hydrogens is 606 g/mol. The summed E-state index contributed by atoms with van der Waals surface area (Å²) < 4.78 is 17.1. The van der Waals surface area contributed by atoms with E-state index in [1.165, 1.54) is 12.8 Å². The second-order valence-electron chi connectivity index (χ2n) is 13.5. The molecule has 0 heterocycles.